The first-order valence-electron chi connectivity index (χ1n) is 12.1. The van der Waals surface area contributed by atoms with Gasteiger partial charge in [-0.2, -0.15) is 0 Å². The number of nitrogens with zero attached hydrogens (tertiary/aromatic N) is 2. The van der Waals surface area contributed by atoms with Gasteiger partial charge in [0.2, 0.25) is 11.8 Å². The molecule has 1 aliphatic rings. The van der Waals surface area contributed by atoms with Gasteiger partial charge in [-0.1, -0.05) is 18.2 Å². The van der Waals surface area contributed by atoms with Gasteiger partial charge in [-0.3, -0.25) is 9.59 Å². The number of ether oxygens (including phenoxy) is 2. The standard InChI is InChI=1S/C28H29F2N3O4/c1-36-22-16-23(29)27(24(30)17-22)28(35)33-14-12-19(13-15-33)18-6-8-21(9-7-18)31-25(34)11-10-20-4-3-5-26(32-20)37-2/h3-9,16-17,19H,10-15H2,1-2H3,(H,31,34). The number of nitrogens with one attached hydrogen (secondary N) is 1. The fourth-order valence-electron chi connectivity index (χ4n) is 4.46. The van der Waals surface area contributed by atoms with Crippen molar-refractivity contribution in [3.63, 3.8) is 0 Å². The fourth-order valence-corrected chi connectivity index (χ4v) is 4.46. The number of anilines is 1. The van der Waals surface area contributed by atoms with Gasteiger partial charge in [0.05, 0.1) is 14.2 Å². The molecule has 1 N–H and O–H groups in total. The summed E-state index contributed by atoms with van der Waals surface area (Å²) in [5, 5.41) is 2.90. The number of hydrogen-bond donors (Lipinski definition) is 1. The quantitative estimate of drug-likeness (QED) is 0.464. The molecule has 0 atom stereocenters. The highest BCUT2D eigenvalue weighted by molar-refractivity contribution is 5.95. The van der Waals surface area contributed by atoms with Crippen LogP contribution in [0, 0.1) is 11.6 Å². The Morgan fingerprint density at radius 3 is 2.30 bits per heavy atom. The van der Waals surface area contributed by atoms with E-state index in [0.29, 0.717) is 50.3 Å². The van der Waals surface area contributed by atoms with E-state index in [1.807, 2.05) is 36.4 Å². The van der Waals surface area contributed by atoms with E-state index in [-0.39, 0.29) is 17.6 Å². The lowest BCUT2D eigenvalue weighted by Gasteiger charge is -2.32. The lowest BCUT2D eigenvalue weighted by atomic mass is 9.89. The Morgan fingerprint density at radius 1 is 1.00 bits per heavy atom. The van der Waals surface area contributed by atoms with Crippen LogP contribution in [0.5, 0.6) is 11.6 Å². The molecule has 1 aliphatic heterocycles. The van der Waals surface area contributed by atoms with Crippen LogP contribution < -0.4 is 14.8 Å². The summed E-state index contributed by atoms with van der Waals surface area (Å²) in [6.07, 6.45) is 2.14. The number of amides is 2. The van der Waals surface area contributed by atoms with Crippen LogP contribution in [0.15, 0.2) is 54.6 Å². The maximum absolute atomic E-state index is 14.3. The minimum absolute atomic E-state index is 0.0266. The van der Waals surface area contributed by atoms with Gasteiger partial charge in [-0.15, -0.1) is 0 Å². The zero-order valence-electron chi connectivity index (χ0n) is 20.8. The summed E-state index contributed by atoms with van der Waals surface area (Å²) < 4.78 is 38.6. The predicted octanol–water partition coefficient (Wildman–Crippen LogP) is 4.97. The maximum atomic E-state index is 14.3. The third-order valence-electron chi connectivity index (χ3n) is 6.51. The molecule has 4 rings (SSSR count). The van der Waals surface area contributed by atoms with Gasteiger partial charge in [0, 0.05) is 49.1 Å². The molecule has 3 aromatic rings. The lowest BCUT2D eigenvalue weighted by molar-refractivity contribution is -0.116. The van der Waals surface area contributed by atoms with Crippen molar-refractivity contribution in [2.75, 3.05) is 32.6 Å². The number of aryl methyl sites for hydroxylation is 1. The van der Waals surface area contributed by atoms with Crippen LogP contribution in [0.3, 0.4) is 0 Å². The molecule has 7 nitrogen and oxygen atoms in total. The van der Waals surface area contributed by atoms with E-state index < -0.39 is 23.1 Å². The van der Waals surface area contributed by atoms with Gasteiger partial charge in [0.25, 0.3) is 5.91 Å². The number of halogens is 2. The van der Waals surface area contributed by atoms with Gasteiger partial charge in [0.15, 0.2) is 0 Å². The van der Waals surface area contributed by atoms with E-state index in [2.05, 4.69) is 10.3 Å². The molecule has 37 heavy (non-hydrogen) atoms. The molecule has 0 aliphatic carbocycles. The molecule has 1 saturated heterocycles. The molecule has 194 valence electrons. The van der Waals surface area contributed by atoms with Gasteiger partial charge >= 0.3 is 0 Å². The van der Waals surface area contributed by atoms with Crippen LogP contribution in [-0.4, -0.2) is 49.0 Å². The third kappa shape index (κ3) is 6.41. The van der Waals surface area contributed by atoms with E-state index in [4.69, 9.17) is 9.47 Å². The van der Waals surface area contributed by atoms with E-state index in [1.165, 1.54) is 12.0 Å². The summed E-state index contributed by atoms with van der Waals surface area (Å²) in [7, 11) is 2.86. The van der Waals surface area contributed by atoms with E-state index in [1.54, 1.807) is 13.2 Å². The first kappa shape index (κ1) is 26.1. The molecule has 0 unspecified atom stereocenters. The Balaban J connectivity index is 1.28. The van der Waals surface area contributed by atoms with Gasteiger partial charge in [-0.05, 0) is 48.9 Å². The number of methoxy groups -OCH3 is 2. The Kier molecular flexibility index (Phi) is 8.32. The van der Waals surface area contributed by atoms with Crippen LogP contribution in [-0.2, 0) is 11.2 Å². The molecule has 1 aromatic heterocycles. The van der Waals surface area contributed by atoms with Crippen LogP contribution in [0.25, 0.3) is 0 Å². The van der Waals surface area contributed by atoms with Crippen LogP contribution in [0.4, 0.5) is 14.5 Å². The first-order valence-corrected chi connectivity index (χ1v) is 12.1. The number of benzene rings is 2. The molecule has 0 bridgehead atoms. The maximum Gasteiger partial charge on any atom is 0.259 e. The largest absolute Gasteiger partial charge is 0.497 e. The smallest absolute Gasteiger partial charge is 0.259 e. The molecule has 2 heterocycles. The molecule has 9 heteroatoms. The van der Waals surface area contributed by atoms with Crippen molar-refractivity contribution in [3.05, 3.63) is 83.1 Å². The minimum atomic E-state index is -0.929. The molecule has 0 radical (unpaired) electrons. The second-order valence-electron chi connectivity index (χ2n) is 8.87. The monoisotopic (exact) mass is 509 g/mol. The lowest BCUT2D eigenvalue weighted by Crippen LogP contribution is -2.38. The number of piperidine rings is 1. The average molecular weight is 510 g/mol. The zero-order chi connectivity index (χ0) is 26.4. The highest BCUT2D eigenvalue weighted by Crippen LogP contribution is 2.30. The van der Waals surface area contributed by atoms with Crippen LogP contribution in [0.1, 0.15) is 46.8 Å². The summed E-state index contributed by atoms with van der Waals surface area (Å²) >= 11 is 0. The highest BCUT2D eigenvalue weighted by atomic mass is 19.1. The number of likely N-dealkylation sites (tertiary alicyclic amines) is 1. The Hall–Kier alpha value is -4.01. The third-order valence-corrected chi connectivity index (χ3v) is 6.51. The van der Waals surface area contributed by atoms with Gasteiger partial charge in [-0.25, -0.2) is 13.8 Å². The summed E-state index contributed by atoms with van der Waals surface area (Å²) in [6, 6.07) is 15.1. The molecule has 2 amide bonds. The van der Waals surface area contributed by atoms with Crippen molar-refractivity contribution < 1.29 is 27.8 Å². The van der Waals surface area contributed by atoms with Crippen molar-refractivity contribution in [2.24, 2.45) is 0 Å². The van der Waals surface area contributed by atoms with Crippen molar-refractivity contribution in [2.45, 2.75) is 31.6 Å². The van der Waals surface area contributed by atoms with E-state index in [0.717, 1.165) is 23.4 Å². The van der Waals surface area contributed by atoms with Crippen molar-refractivity contribution >= 4 is 17.5 Å². The molecular weight excluding hydrogens is 480 g/mol. The second kappa shape index (κ2) is 11.8. The van der Waals surface area contributed by atoms with Gasteiger partial charge in [0.1, 0.15) is 22.9 Å². The summed E-state index contributed by atoms with van der Waals surface area (Å²) in [5.41, 5.74) is 2.02. The number of hydrogen-bond acceptors (Lipinski definition) is 5. The molecule has 1 fully saturated rings. The zero-order valence-corrected chi connectivity index (χ0v) is 20.8. The number of carbonyl (C=O) groups excluding carboxylic acids is 2. The Bertz CT molecular complexity index is 1240. The summed E-state index contributed by atoms with van der Waals surface area (Å²) in [5.74, 6) is -1.87. The van der Waals surface area contributed by atoms with Crippen LogP contribution in [0.2, 0.25) is 0 Å². The van der Waals surface area contributed by atoms with Crippen LogP contribution >= 0.6 is 0 Å². The molecular formula is C28H29F2N3O4. The molecule has 0 saturated carbocycles. The number of carbonyl (C=O) groups is 2. The first-order chi connectivity index (χ1) is 17.9. The number of rotatable bonds is 8. The topological polar surface area (TPSA) is 80.8 Å². The summed E-state index contributed by atoms with van der Waals surface area (Å²) in [4.78, 5) is 30.9. The van der Waals surface area contributed by atoms with Crippen molar-refractivity contribution in [3.8, 4) is 11.6 Å². The predicted molar refractivity (Wildman–Crippen MR) is 135 cm³/mol. The SMILES string of the molecule is COc1cc(F)c(C(=O)N2CCC(c3ccc(NC(=O)CCc4cccc(OC)n4)cc3)CC2)c(F)c1. The number of aromatic nitrogens is 1. The van der Waals surface area contributed by atoms with Crippen molar-refractivity contribution in [1.29, 1.82) is 0 Å². The molecule has 2 aromatic carbocycles. The summed E-state index contributed by atoms with van der Waals surface area (Å²) in [6.45, 7) is 0.788. The van der Waals surface area contributed by atoms with Crippen molar-refractivity contribution in [1.82, 2.24) is 9.88 Å². The normalized spacial score (nSPS) is 13.8. The second-order valence-corrected chi connectivity index (χ2v) is 8.87. The Morgan fingerprint density at radius 2 is 1.68 bits per heavy atom. The number of pyridine rings is 1. The minimum Gasteiger partial charge on any atom is -0.497 e. The van der Waals surface area contributed by atoms with E-state index >= 15 is 0 Å². The molecule has 0 spiro atoms. The van der Waals surface area contributed by atoms with E-state index in [9.17, 15) is 18.4 Å². The van der Waals surface area contributed by atoms with Gasteiger partial charge < -0.3 is 19.7 Å². The highest BCUT2D eigenvalue weighted by Gasteiger charge is 2.28. The fraction of sp³-hybridized carbons (Fsp3) is 0.321. The average Bonchev–Trinajstić information content (AvgIpc) is 2.92. The Labute approximate surface area is 214 Å².